The Morgan fingerprint density at radius 2 is 2.35 bits per heavy atom. The van der Waals surface area contributed by atoms with E-state index >= 15 is 0 Å². The molecule has 0 aromatic heterocycles. The Morgan fingerprint density at radius 3 is 2.90 bits per heavy atom. The van der Waals surface area contributed by atoms with Gasteiger partial charge in [-0.1, -0.05) is 18.5 Å². The number of nitro groups is 1. The van der Waals surface area contributed by atoms with Gasteiger partial charge in [0, 0.05) is 17.6 Å². The first-order chi connectivity index (χ1) is 9.48. The van der Waals surface area contributed by atoms with E-state index < -0.39 is 10.3 Å². The Balaban J connectivity index is 2.27. The largest absolute Gasteiger partial charge is 0.320 e. The van der Waals surface area contributed by atoms with E-state index in [1.54, 1.807) is 0 Å². The fourth-order valence-electron chi connectivity index (χ4n) is 2.42. The number of carbonyl (C=O) groups is 1. The van der Waals surface area contributed by atoms with E-state index in [1.165, 1.54) is 18.2 Å². The molecule has 1 aromatic carbocycles. The predicted octanol–water partition coefficient (Wildman–Crippen LogP) is 2.58. The molecule has 6 nitrogen and oxygen atoms in total. The van der Waals surface area contributed by atoms with Crippen LogP contribution in [0, 0.1) is 15.5 Å². The Labute approximate surface area is 121 Å². The summed E-state index contributed by atoms with van der Waals surface area (Å²) in [7, 11) is 0. The average molecular weight is 298 g/mol. The van der Waals surface area contributed by atoms with E-state index in [4.69, 9.17) is 11.6 Å². The molecule has 7 heteroatoms. The second kappa shape index (κ2) is 5.76. The van der Waals surface area contributed by atoms with Gasteiger partial charge >= 0.3 is 0 Å². The first-order valence-corrected chi connectivity index (χ1v) is 6.82. The maximum absolute atomic E-state index is 12.4. The quantitative estimate of drug-likeness (QED) is 0.661. The number of rotatable bonds is 4. The number of halogens is 1. The molecule has 2 rings (SSSR count). The summed E-state index contributed by atoms with van der Waals surface area (Å²) in [6, 6.07) is 4.13. The number of anilines is 1. The van der Waals surface area contributed by atoms with E-state index in [0.29, 0.717) is 18.0 Å². The van der Waals surface area contributed by atoms with Crippen molar-refractivity contribution in [3.05, 3.63) is 33.3 Å². The topological polar surface area (TPSA) is 84.3 Å². The normalized spacial score (nSPS) is 21.7. The van der Waals surface area contributed by atoms with Crippen LogP contribution in [0.2, 0.25) is 5.02 Å². The number of nitrogens with zero attached hydrogens (tertiary/aromatic N) is 1. The van der Waals surface area contributed by atoms with Crippen LogP contribution in [0.3, 0.4) is 0 Å². The second-order valence-corrected chi connectivity index (χ2v) is 5.37. The number of amides is 1. The molecule has 1 amide bonds. The maximum Gasteiger partial charge on any atom is 0.292 e. The van der Waals surface area contributed by atoms with Gasteiger partial charge in [0.05, 0.1) is 10.3 Å². The summed E-state index contributed by atoms with van der Waals surface area (Å²) in [5.41, 5.74) is -0.511. The number of nitrogens with one attached hydrogen (secondary N) is 2. The van der Waals surface area contributed by atoms with Crippen LogP contribution in [0.25, 0.3) is 0 Å². The summed E-state index contributed by atoms with van der Waals surface area (Å²) in [5, 5.41) is 17.2. The molecule has 0 aliphatic carbocycles. The SMILES string of the molecule is CCC1(C(=O)Nc2cc(Cl)ccc2[N+](=O)[O-])CCNC1. The van der Waals surface area contributed by atoms with Crippen molar-refractivity contribution in [2.75, 3.05) is 18.4 Å². The molecule has 108 valence electrons. The van der Waals surface area contributed by atoms with Gasteiger partial charge in [-0.25, -0.2) is 0 Å². The minimum Gasteiger partial charge on any atom is -0.320 e. The molecule has 1 aliphatic rings. The lowest BCUT2D eigenvalue weighted by Crippen LogP contribution is -2.37. The molecule has 1 aliphatic heterocycles. The van der Waals surface area contributed by atoms with Crippen molar-refractivity contribution in [3.8, 4) is 0 Å². The predicted molar refractivity (Wildman–Crippen MR) is 76.9 cm³/mol. The van der Waals surface area contributed by atoms with Gasteiger partial charge in [-0.2, -0.15) is 0 Å². The van der Waals surface area contributed by atoms with Crippen LogP contribution in [0.4, 0.5) is 11.4 Å². The first kappa shape index (κ1) is 14.7. The van der Waals surface area contributed by atoms with Crippen molar-refractivity contribution in [1.82, 2.24) is 5.32 Å². The van der Waals surface area contributed by atoms with Gasteiger partial charge < -0.3 is 10.6 Å². The summed E-state index contributed by atoms with van der Waals surface area (Å²) in [4.78, 5) is 22.9. The molecule has 0 saturated carbocycles. The lowest BCUT2D eigenvalue weighted by Gasteiger charge is -2.25. The Morgan fingerprint density at radius 1 is 1.60 bits per heavy atom. The van der Waals surface area contributed by atoms with E-state index in [1.807, 2.05) is 6.92 Å². The fraction of sp³-hybridized carbons (Fsp3) is 0.462. The Bertz CT molecular complexity index is 542. The zero-order chi connectivity index (χ0) is 14.8. The molecule has 0 bridgehead atoms. The third-order valence-corrected chi connectivity index (χ3v) is 4.04. The molecule has 1 unspecified atom stereocenters. The molecule has 20 heavy (non-hydrogen) atoms. The van der Waals surface area contributed by atoms with Crippen LogP contribution in [0.15, 0.2) is 18.2 Å². The smallest absolute Gasteiger partial charge is 0.292 e. The van der Waals surface area contributed by atoms with Gasteiger partial charge in [0.15, 0.2) is 0 Å². The van der Waals surface area contributed by atoms with Crippen LogP contribution in [0.5, 0.6) is 0 Å². The van der Waals surface area contributed by atoms with Gasteiger partial charge in [0.25, 0.3) is 5.69 Å². The van der Waals surface area contributed by atoms with Crippen molar-refractivity contribution >= 4 is 28.9 Å². The highest BCUT2D eigenvalue weighted by molar-refractivity contribution is 6.31. The molecule has 0 spiro atoms. The number of carbonyl (C=O) groups excluding carboxylic acids is 1. The standard InChI is InChI=1S/C13H16ClN3O3/c1-2-13(5-6-15-8-13)12(18)16-10-7-9(14)3-4-11(10)17(19)20/h3-4,7,15H,2,5-6,8H2,1H3,(H,16,18). The summed E-state index contributed by atoms with van der Waals surface area (Å²) in [5.74, 6) is -0.199. The highest BCUT2D eigenvalue weighted by atomic mass is 35.5. The minimum atomic E-state index is -0.530. The molecule has 1 aromatic rings. The van der Waals surface area contributed by atoms with E-state index in [9.17, 15) is 14.9 Å². The van der Waals surface area contributed by atoms with E-state index in [2.05, 4.69) is 10.6 Å². The van der Waals surface area contributed by atoms with Crippen molar-refractivity contribution in [3.63, 3.8) is 0 Å². The van der Waals surface area contributed by atoms with Crippen LogP contribution >= 0.6 is 11.6 Å². The highest BCUT2D eigenvalue weighted by Gasteiger charge is 2.40. The number of nitro benzene ring substituents is 1. The lowest BCUT2D eigenvalue weighted by molar-refractivity contribution is -0.383. The van der Waals surface area contributed by atoms with E-state index in [-0.39, 0.29) is 17.3 Å². The molecular weight excluding hydrogens is 282 g/mol. The molecule has 1 fully saturated rings. The summed E-state index contributed by atoms with van der Waals surface area (Å²) < 4.78 is 0. The summed E-state index contributed by atoms with van der Waals surface area (Å²) in [6.07, 6.45) is 1.41. The van der Waals surface area contributed by atoms with Crippen LogP contribution in [-0.4, -0.2) is 23.9 Å². The van der Waals surface area contributed by atoms with Crippen LogP contribution in [-0.2, 0) is 4.79 Å². The number of benzene rings is 1. The van der Waals surface area contributed by atoms with Gasteiger partial charge in [-0.05, 0) is 31.5 Å². The average Bonchev–Trinajstić information content (AvgIpc) is 2.88. The monoisotopic (exact) mass is 297 g/mol. The van der Waals surface area contributed by atoms with E-state index in [0.717, 1.165) is 13.0 Å². The van der Waals surface area contributed by atoms with Gasteiger partial charge in [0.1, 0.15) is 5.69 Å². The van der Waals surface area contributed by atoms with Crippen molar-refractivity contribution in [2.24, 2.45) is 5.41 Å². The first-order valence-electron chi connectivity index (χ1n) is 6.44. The molecule has 1 saturated heterocycles. The van der Waals surface area contributed by atoms with Gasteiger partial charge in [0.2, 0.25) is 5.91 Å². The number of hydrogen-bond acceptors (Lipinski definition) is 4. The highest BCUT2D eigenvalue weighted by Crippen LogP contribution is 2.33. The van der Waals surface area contributed by atoms with Crippen molar-refractivity contribution in [1.29, 1.82) is 0 Å². The zero-order valence-electron chi connectivity index (χ0n) is 11.1. The molecular formula is C13H16ClN3O3. The third kappa shape index (κ3) is 2.76. The van der Waals surface area contributed by atoms with Crippen molar-refractivity contribution in [2.45, 2.75) is 19.8 Å². The third-order valence-electron chi connectivity index (χ3n) is 3.81. The molecule has 2 N–H and O–H groups in total. The molecule has 1 heterocycles. The minimum absolute atomic E-state index is 0.146. The molecule has 0 radical (unpaired) electrons. The maximum atomic E-state index is 12.4. The Kier molecular flexibility index (Phi) is 4.25. The van der Waals surface area contributed by atoms with Crippen LogP contribution in [0.1, 0.15) is 19.8 Å². The summed E-state index contributed by atoms with van der Waals surface area (Å²) >= 11 is 5.85. The zero-order valence-corrected chi connectivity index (χ0v) is 11.9. The van der Waals surface area contributed by atoms with Crippen LogP contribution < -0.4 is 10.6 Å². The molecule has 1 atom stereocenters. The lowest BCUT2D eigenvalue weighted by atomic mass is 9.83. The second-order valence-electron chi connectivity index (χ2n) is 4.93. The fourth-order valence-corrected chi connectivity index (χ4v) is 2.59. The Hall–Kier alpha value is -1.66. The summed E-state index contributed by atoms with van der Waals surface area (Å²) in [6.45, 7) is 3.31. The van der Waals surface area contributed by atoms with Crippen molar-refractivity contribution < 1.29 is 9.72 Å². The van der Waals surface area contributed by atoms with Gasteiger partial charge in [-0.15, -0.1) is 0 Å². The number of hydrogen-bond donors (Lipinski definition) is 2. The van der Waals surface area contributed by atoms with Gasteiger partial charge in [-0.3, -0.25) is 14.9 Å².